The van der Waals surface area contributed by atoms with Crippen LogP contribution in [0.25, 0.3) is 0 Å². The van der Waals surface area contributed by atoms with Gasteiger partial charge in [-0.2, -0.15) is 0 Å². The van der Waals surface area contributed by atoms with E-state index in [1.165, 1.54) is 18.4 Å². The lowest BCUT2D eigenvalue weighted by molar-refractivity contribution is -0.141. The molecule has 1 saturated heterocycles. The number of ether oxygens (including phenoxy) is 1. The molecule has 2 rings (SSSR count). The quantitative estimate of drug-likeness (QED) is 0.782. The first-order valence-corrected chi connectivity index (χ1v) is 8.32. The average Bonchev–Trinajstić information content (AvgIpc) is 2.52. The molecule has 0 bridgehead atoms. The van der Waals surface area contributed by atoms with E-state index in [1.807, 2.05) is 0 Å². The third-order valence-electron chi connectivity index (χ3n) is 4.70. The Morgan fingerprint density at radius 3 is 2.27 bits per heavy atom. The van der Waals surface area contributed by atoms with Gasteiger partial charge in [0.15, 0.2) is 0 Å². The molecule has 1 fully saturated rings. The van der Waals surface area contributed by atoms with Crippen LogP contribution < -0.4 is 4.90 Å². The predicted octanol–water partition coefficient (Wildman–Crippen LogP) is 4.15. The number of nitrogens with zero attached hydrogens (tertiary/aromatic N) is 1. The Labute approximate surface area is 134 Å². The Hall–Kier alpha value is -1.51. The van der Waals surface area contributed by atoms with E-state index in [9.17, 15) is 4.79 Å². The molecule has 0 aliphatic carbocycles. The molecule has 1 heterocycles. The van der Waals surface area contributed by atoms with Crippen LogP contribution in [0.4, 0.5) is 5.69 Å². The van der Waals surface area contributed by atoms with E-state index in [-0.39, 0.29) is 11.4 Å². The highest BCUT2D eigenvalue weighted by Gasteiger charge is 2.21. The maximum atomic E-state index is 11.2. The van der Waals surface area contributed by atoms with Gasteiger partial charge in [0.1, 0.15) is 0 Å². The van der Waals surface area contributed by atoms with Crippen LogP contribution in [0.15, 0.2) is 24.3 Å². The van der Waals surface area contributed by atoms with Crippen molar-refractivity contribution in [1.82, 2.24) is 0 Å². The van der Waals surface area contributed by atoms with Crippen LogP contribution in [0, 0.1) is 5.92 Å². The molecule has 0 atom stereocenters. The summed E-state index contributed by atoms with van der Waals surface area (Å²) >= 11 is 0. The molecule has 3 heteroatoms. The summed E-state index contributed by atoms with van der Waals surface area (Å²) in [6.45, 7) is 8.90. The topological polar surface area (TPSA) is 29.5 Å². The van der Waals surface area contributed by atoms with E-state index in [0.29, 0.717) is 12.3 Å². The summed E-state index contributed by atoms with van der Waals surface area (Å²) in [7, 11) is 1.46. The predicted molar refractivity (Wildman–Crippen MR) is 91.3 cm³/mol. The Kier molecular flexibility index (Phi) is 5.49. The van der Waals surface area contributed by atoms with Gasteiger partial charge >= 0.3 is 5.97 Å². The van der Waals surface area contributed by atoms with E-state index in [0.717, 1.165) is 32.4 Å². The molecule has 0 radical (unpaired) electrons. The summed E-state index contributed by atoms with van der Waals surface area (Å²) in [5, 5.41) is 0. The Bertz CT molecular complexity index is 479. The highest BCUT2D eigenvalue weighted by atomic mass is 16.5. The van der Waals surface area contributed by atoms with Crippen molar-refractivity contribution < 1.29 is 9.53 Å². The lowest BCUT2D eigenvalue weighted by atomic mass is 9.87. The SMILES string of the molecule is COC(=O)CCC1CCN(c2ccc(C(C)(C)C)cc2)CC1. The van der Waals surface area contributed by atoms with Crippen LogP contribution in [-0.2, 0) is 14.9 Å². The molecule has 22 heavy (non-hydrogen) atoms. The minimum Gasteiger partial charge on any atom is -0.469 e. The van der Waals surface area contributed by atoms with E-state index < -0.39 is 0 Å². The Balaban J connectivity index is 1.85. The summed E-state index contributed by atoms with van der Waals surface area (Å²) in [5.41, 5.74) is 2.91. The second-order valence-electron chi connectivity index (χ2n) is 7.34. The average molecular weight is 303 g/mol. The lowest BCUT2D eigenvalue weighted by Gasteiger charge is -2.34. The fourth-order valence-corrected chi connectivity index (χ4v) is 3.08. The van der Waals surface area contributed by atoms with Gasteiger partial charge in [-0.05, 0) is 48.3 Å². The van der Waals surface area contributed by atoms with Gasteiger partial charge in [0, 0.05) is 25.2 Å². The van der Waals surface area contributed by atoms with Crippen LogP contribution in [0.2, 0.25) is 0 Å². The number of carbonyl (C=O) groups is 1. The summed E-state index contributed by atoms with van der Waals surface area (Å²) in [4.78, 5) is 13.7. The first-order chi connectivity index (χ1) is 10.4. The van der Waals surface area contributed by atoms with Gasteiger partial charge in [-0.25, -0.2) is 0 Å². The van der Waals surface area contributed by atoms with Crippen molar-refractivity contribution in [2.24, 2.45) is 5.92 Å². The molecule has 0 saturated carbocycles. The smallest absolute Gasteiger partial charge is 0.305 e. The molecule has 0 N–H and O–H groups in total. The lowest BCUT2D eigenvalue weighted by Crippen LogP contribution is -2.33. The molecular formula is C19H29NO2. The number of rotatable bonds is 4. The minimum absolute atomic E-state index is 0.0831. The Morgan fingerprint density at radius 1 is 1.18 bits per heavy atom. The third-order valence-corrected chi connectivity index (χ3v) is 4.70. The number of anilines is 1. The normalized spacial score (nSPS) is 16.6. The van der Waals surface area contributed by atoms with Crippen LogP contribution in [-0.4, -0.2) is 26.2 Å². The molecule has 0 aromatic heterocycles. The number of esters is 1. The number of hydrogen-bond acceptors (Lipinski definition) is 3. The molecule has 1 aliphatic rings. The zero-order chi connectivity index (χ0) is 16.2. The van der Waals surface area contributed by atoms with E-state index >= 15 is 0 Å². The molecule has 1 aromatic rings. The zero-order valence-electron chi connectivity index (χ0n) is 14.4. The number of hydrogen-bond donors (Lipinski definition) is 0. The van der Waals surface area contributed by atoms with Crippen molar-refractivity contribution in [2.45, 2.75) is 51.9 Å². The molecular weight excluding hydrogens is 274 g/mol. The standard InChI is InChI=1S/C19H29NO2/c1-19(2,3)16-6-8-17(9-7-16)20-13-11-15(12-14-20)5-10-18(21)22-4/h6-9,15H,5,10-14H2,1-4H3. The van der Waals surface area contributed by atoms with E-state index in [4.69, 9.17) is 4.74 Å². The molecule has 122 valence electrons. The fourth-order valence-electron chi connectivity index (χ4n) is 3.08. The van der Waals surface area contributed by atoms with E-state index in [1.54, 1.807) is 0 Å². The maximum Gasteiger partial charge on any atom is 0.305 e. The summed E-state index contributed by atoms with van der Waals surface area (Å²) in [5.74, 6) is 0.574. The second kappa shape index (κ2) is 7.17. The monoisotopic (exact) mass is 303 g/mol. The highest BCUT2D eigenvalue weighted by Crippen LogP contribution is 2.28. The van der Waals surface area contributed by atoms with Gasteiger partial charge in [0.25, 0.3) is 0 Å². The van der Waals surface area contributed by atoms with Crippen molar-refractivity contribution in [3.05, 3.63) is 29.8 Å². The van der Waals surface area contributed by atoms with Crippen LogP contribution in [0.1, 0.15) is 52.0 Å². The minimum atomic E-state index is -0.0831. The Morgan fingerprint density at radius 2 is 1.77 bits per heavy atom. The third kappa shape index (κ3) is 4.49. The molecule has 1 aromatic carbocycles. The van der Waals surface area contributed by atoms with Gasteiger partial charge in [0.05, 0.1) is 7.11 Å². The largest absolute Gasteiger partial charge is 0.469 e. The van der Waals surface area contributed by atoms with E-state index in [2.05, 4.69) is 49.9 Å². The zero-order valence-corrected chi connectivity index (χ0v) is 14.4. The molecule has 0 unspecified atom stereocenters. The number of piperidine rings is 1. The first-order valence-electron chi connectivity index (χ1n) is 8.32. The summed E-state index contributed by atoms with van der Waals surface area (Å²) in [6.07, 6.45) is 3.85. The van der Waals surface area contributed by atoms with Crippen molar-refractivity contribution in [3.63, 3.8) is 0 Å². The second-order valence-corrected chi connectivity index (χ2v) is 7.34. The van der Waals surface area contributed by atoms with Gasteiger partial charge < -0.3 is 9.64 Å². The van der Waals surface area contributed by atoms with Crippen LogP contribution in [0.5, 0.6) is 0 Å². The number of methoxy groups -OCH3 is 1. The molecule has 0 spiro atoms. The first kappa shape index (κ1) is 16.9. The number of benzene rings is 1. The van der Waals surface area contributed by atoms with Gasteiger partial charge in [0.2, 0.25) is 0 Å². The number of carbonyl (C=O) groups excluding carboxylic acids is 1. The van der Waals surface area contributed by atoms with Crippen LogP contribution in [0.3, 0.4) is 0 Å². The summed E-state index contributed by atoms with van der Waals surface area (Å²) < 4.78 is 4.72. The summed E-state index contributed by atoms with van der Waals surface area (Å²) in [6, 6.07) is 8.99. The highest BCUT2D eigenvalue weighted by molar-refractivity contribution is 5.69. The molecule has 1 aliphatic heterocycles. The van der Waals surface area contributed by atoms with Crippen molar-refractivity contribution in [1.29, 1.82) is 0 Å². The molecule has 3 nitrogen and oxygen atoms in total. The van der Waals surface area contributed by atoms with Gasteiger partial charge in [-0.1, -0.05) is 32.9 Å². The van der Waals surface area contributed by atoms with Crippen LogP contribution >= 0.6 is 0 Å². The van der Waals surface area contributed by atoms with Crippen molar-refractivity contribution in [2.75, 3.05) is 25.1 Å². The van der Waals surface area contributed by atoms with Crippen molar-refractivity contribution >= 4 is 11.7 Å². The van der Waals surface area contributed by atoms with Gasteiger partial charge in [-0.3, -0.25) is 4.79 Å². The van der Waals surface area contributed by atoms with Crippen molar-refractivity contribution in [3.8, 4) is 0 Å². The fraction of sp³-hybridized carbons (Fsp3) is 0.632. The maximum absolute atomic E-state index is 11.2. The molecule has 0 amide bonds. The van der Waals surface area contributed by atoms with Gasteiger partial charge in [-0.15, -0.1) is 0 Å².